The topological polar surface area (TPSA) is 39.1 Å². The van der Waals surface area contributed by atoms with Gasteiger partial charge < -0.3 is 10.1 Å². The largest absolute Gasteiger partial charge is 0.411 e. The zero-order chi connectivity index (χ0) is 14.6. The highest BCUT2D eigenvalue weighted by Gasteiger charge is 2.27. The summed E-state index contributed by atoms with van der Waals surface area (Å²) in [7, 11) is 0. The van der Waals surface area contributed by atoms with Crippen LogP contribution in [0.2, 0.25) is 0 Å². The summed E-state index contributed by atoms with van der Waals surface area (Å²) in [5.41, 5.74) is 2.64. The Labute approximate surface area is 110 Å². The normalized spacial score (nSPS) is 12.4. The second-order valence-electron chi connectivity index (χ2n) is 4.78. The van der Waals surface area contributed by atoms with Gasteiger partial charge in [-0.3, -0.25) is 0 Å². The minimum absolute atomic E-state index is 0.187. The number of hydrogen-bond acceptors (Lipinski definition) is 3. The molecular weight excluding hydrogens is 259 g/mol. The first-order valence-corrected chi connectivity index (χ1v) is 6.11. The fourth-order valence-electron chi connectivity index (χ4n) is 1.67. The minimum atomic E-state index is -4.31. The molecule has 0 atom stereocenters. The number of aromatic nitrogens is 2. The van der Waals surface area contributed by atoms with E-state index in [-0.39, 0.29) is 6.73 Å². The third-order valence-electron chi connectivity index (χ3n) is 2.70. The lowest BCUT2D eigenvalue weighted by atomic mass is 10.2. The molecule has 1 aromatic rings. The van der Waals surface area contributed by atoms with Crippen LogP contribution in [-0.4, -0.2) is 28.6 Å². The second-order valence-corrected chi connectivity index (χ2v) is 4.78. The summed E-state index contributed by atoms with van der Waals surface area (Å²) in [6, 6.07) is 0.337. The van der Waals surface area contributed by atoms with Crippen molar-refractivity contribution in [3.05, 3.63) is 17.0 Å². The van der Waals surface area contributed by atoms with Crippen LogP contribution < -0.4 is 5.32 Å². The van der Waals surface area contributed by atoms with Gasteiger partial charge in [-0.25, -0.2) is 4.68 Å². The molecule has 1 rings (SSSR count). The number of aryl methyl sites for hydroxylation is 1. The van der Waals surface area contributed by atoms with E-state index < -0.39 is 12.8 Å². The molecular formula is C12H20F3N3O. The van der Waals surface area contributed by atoms with E-state index in [1.54, 1.807) is 0 Å². The summed E-state index contributed by atoms with van der Waals surface area (Å²) >= 11 is 0. The summed E-state index contributed by atoms with van der Waals surface area (Å²) in [6.45, 7) is 6.93. The van der Waals surface area contributed by atoms with E-state index in [9.17, 15) is 13.2 Å². The predicted molar refractivity (Wildman–Crippen MR) is 65.7 cm³/mol. The average molecular weight is 279 g/mol. The van der Waals surface area contributed by atoms with Crippen LogP contribution in [0.4, 0.5) is 13.2 Å². The molecule has 110 valence electrons. The maximum atomic E-state index is 12.0. The van der Waals surface area contributed by atoms with Crippen LogP contribution in [0.1, 0.15) is 30.8 Å². The van der Waals surface area contributed by atoms with Crippen molar-refractivity contribution in [1.29, 1.82) is 0 Å². The smallest absolute Gasteiger partial charge is 0.350 e. The number of rotatable bonds is 6. The number of hydrogen-bond donors (Lipinski definition) is 1. The average Bonchev–Trinajstić information content (AvgIpc) is 2.50. The van der Waals surface area contributed by atoms with Crippen LogP contribution >= 0.6 is 0 Å². The highest BCUT2D eigenvalue weighted by molar-refractivity contribution is 5.24. The summed E-state index contributed by atoms with van der Waals surface area (Å²) < 4.78 is 42.0. The molecule has 1 aromatic heterocycles. The summed E-state index contributed by atoms with van der Waals surface area (Å²) in [5, 5.41) is 7.45. The van der Waals surface area contributed by atoms with Crippen LogP contribution in [0.25, 0.3) is 0 Å². The van der Waals surface area contributed by atoms with Gasteiger partial charge in [0.05, 0.1) is 5.69 Å². The van der Waals surface area contributed by atoms with Crippen molar-refractivity contribution >= 4 is 0 Å². The van der Waals surface area contributed by atoms with E-state index >= 15 is 0 Å². The Kier molecular flexibility index (Phi) is 5.37. The van der Waals surface area contributed by atoms with Crippen molar-refractivity contribution in [3.63, 3.8) is 0 Å². The van der Waals surface area contributed by atoms with Crippen LogP contribution in [0.15, 0.2) is 0 Å². The predicted octanol–water partition coefficient (Wildman–Crippen LogP) is 2.53. The lowest BCUT2D eigenvalue weighted by Gasteiger charge is -2.10. The van der Waals surface area contributed by atoms with Crippen molar-refractivity contribution in [3.8, 4) is 0 Å². The van der Waals surface area contributed by atoms with Gasteiger partial charge in [0.1, 0.15) is 13.3 Å². The van der Waals surface area contributed by atoms with E-state index in [0.717, 1.165) is 17.0 Å². The quantitative estimate of drug-likeness (QED) is 0.869. The zero-order valence-electron chi connectivity index (χ0n) is 11.6. The molecule has 0 spiro atoms. The van der Waals surface area contributed by atoms with Gasteiger partial charge in [0.15, 0.2) is 0 Å². The highest BCUT2D eigenvalue weighted by atomic mass is 19.4. The lowest BCUT2D eigenvalue weighted by Crippen LogP contribution is -2.22. The SMILES string of the molecule is Cc1nn(COCC(F)(F)F)c(C)c1CNC(C)C. The molecule has 0 aliphatic carbocycles. The summed E-state index contributed by atoms with van der Waals surface area (Å²) in [5.74, 6) is 0. The van der Waals surface area contributed by atoms with Gasteiger partial charge in [-0.15, -0.1) is 0 Å². The van der Waals surface area contributed by atoms with Crippen molar-refractivity contribution in [1.82, 2.24) is 15.1 Å². The molecule has 0 aliphatic heterocycles. The first kappa shape index (κ1) is 16.0. The molecule has 0 radical (unpaired) electrons. The fraction of sp³-hybridized carbons (Fsp3) is 0.750. The highest BCUT2D eigenvalue weighted by Crippen LogP contribution is 2.16. The van der Waals surface area contributed by atoms with Crippen LogP contribution in [0.5, 0.6) is 0 Å². The molecule has 0 saturated heterocycles. The molecule has 0 fully saturated rings. The standard InChI is InChI=1S/C12H20F3N3O/c1-8(2)16-5-11-9(3)17-18(10(11)4)7-19-6-12(13,14)15/h8,16H,5-7H2,1-4H3. The van der Waals surface area contributed by atoms with E-state index in [1.807, 2.05) is 27.7 Å². The number of nitrogens with one attached hydrogen (secondary N) is 1. The van der Waals surface area contributed by atoms with Gasteiger partial charge in [0.25, 0.3) is 0 Å². The van der Waals surface area contributed by atoms with Gasteiger partial charge in [0, 0.05) is 23.8 Å². The number of nitrogens with zero attached hydrogens (tertiary/aromatic N) is 2. The number of alkyl halides is 3. The number of halogens is 3. The van der Waals surface area contributed by atoms with Gasteiger partial charge in [-0.1, -0.05) is 13.8 Å². The molecule has 0 aromatic carbocycles. The molecule has 1 heterocycles. The maximum Gasteiger partial charge on any atom is 0.411 e. The third kappa shape index (κ3) is 5.20. The van der Waals surface area contributed by atoms with Crippen LogP contribution in [0.3, 0.4) is 0 Å². The first-order valence-electron chi connectivity index (χ1n) is 6.11. The Morgan fingerprint density at radius 2 is 1.95 bits per heavy atom. The second kappa shape index (κ2) is 6.38. The molecule has 19 heavy (non-hydrogen) atoms. The van der Waals surface area contributed by atoms with E-state index in [2.05, 4.69) is 15.2 Å². The number of ether oxygens (including phenoxy) is 1. The third-order valence-corrected chi connectivity index (χ3v) is 2.70. The molecule has 4 nitrogen and oxygen atoms in total. The molecule has 0 unspecified atom stereocenters. The Hall–Kier alpha value is -1.08. The van der Waals surface area contributed by atoms with Crippen molar-refractivity contribution < 1.29 is 17.9 Å². The molecule has 0 aliphatic rings. The maximum absolute atomic E-state index is 12.0. The Morgan fingerprint density at radius 3 is 2.47 bits per heavy atom. The zero-order valence-corrected chi connectivity index (χ0v) is 11.6. The molecule has 0 amide bonds. The van der Waals surface area contributed by atoms with Gasteiger partial charge in [-0.05, 0) is 13.8 Å². The van der Waals surface area contributed by atoms with E-state index in [0.29, 0.717) is 12.6 Å². The van der Waals surface area contributed by atoms with E-state index in [4.69, 9.17) is 0 Å². The van der Waals surface area contributed by atoms with Crippen molar-refractivity contribution in [2.75, 3.05) is 6.61 Å². The molecule has 7 heteroatoms. The molecule has 0 bridgehead atoms. The lowest BCUT2D eigenvalue weighted by molar-refractivity contribution is -0.182. The Bertz CT molecular complexity index is 413. The van der Waals surface area contributed by atoms with Gasteiger partial charge >= 0.3 is 6.18 Å². The van der Waals surface area contributed by atoms with Crippen molar-refractivity contribution in [2.24, 2.45) is 0 Å². The van der Waals surface area contributed by atoms with Gasteiger partial charge in [-0.2, -0.15) is 18.3 Å². The van der Waals surface area contributed by atoms with E-state index in [1.165, 1.54) is 4.68 Å². The summed E-state index contributed by atoms with van der Waals surface area (Å²) in [4.78, 5) is 0. The fourth-order valence-corrected chi connectivity index (χ4v) is 1.67. The van der Waals surface area contributed by atoms with Crippen molar-refractivity contribution in [2.45, 2.75) is 53.2 Å². The van der Waals surface area contributed by atoms with Gasteiger partial charge in [0.2, 0.25) is 0 Å². The summed E-state index contributed by atoms with van der Waals surface area (Å²) in [6.07, 6.45) is -4.31. The molecule has 0 saturated carbocycles. The van der Waals surface area contributed by atoms with Crippen LogP contribution in [0, 0.1) is 13.8 Å². The monoisotopic (exact) mass is 279 g/mol. The first-order chi connectivity index (χ1) is 8.70. The molecule has 1 N–H and O–H groups in total. The minimum Gasteiger partial charge on any atom is -0.350 e. The van der Waals surface area contributed by atoms with Crippen LogP contribution in [-0.2, 0) is 18.0 Å². The Balaban J connectivity index is 2.63. The Morgan fingerprint density at radius 1 is 1.32 bits per heavy atom.